The van der Waals surface area contributed by atoms with Crippen molar-refractivity contribution >= 4 is 0 Å². The maximum atomic E-state index is 6.59. The van der Waals surface area contributed by atoms with Crippen molar-refractivity contribution in [2.75, 3.05) is 20.3 Å². The number of allylic oxidation sites excluding steroid dienone is 1. The molecule has 1 saturated heterocycles. The molecule has 5 aliphatic rings. The van der Waals surface area contributed by atoms with Crippen molar-refractivity contribution in [3.63, 3.8) is 0 Å². The number of rotatable bonds is 1. The van der Waals surface area contributed by atoms with E-state index < -0.39 is 0 Å². The second kappa shape index (κ2) is 8.52. The summed E-state index contributed by atoms with van der Waals surface area (Å²) in [5, 5.41) is 3.82. The highest BCUT2D eigenvalue weighted by Gasteiger charge is 2.55. The van der Waals surface area contributed by atoms with Crippen molar-refractivity contribution in [2.24, 2.45) is 35.0 Å². The second-order valence-corrected chi connectivity index (χ2v) is 11.9. The Balaban J connectivity index is 1.37. The van der Waals surface area contributed by atoms with Gasteiger partial charge in [-0.25, -0.2) is 0 Å². The average molecular weight is 416 g/mol. The lowest BCUT2D eigenvalue weighted by Crippen LogP contribution is -2.49. The molecule has 170 valence electrons. The Morgan fingerprint density at radius 2 is 1.97 bits per heavy atom. The topological polar surface area (TPSA) is 30.5 Å². The van der Waals surface area contributed by atoms with Crippen molar-refractivity contribution in [1.82, 2.24) is 5.32 Å². The van der Waals surface area contributed by atoms with Crippen molar-refractivity contribution in [1.29, 1.82) is 0 Å². The van der Waals surface area contributed by atoms with Crippen LogP contribution in [0.3, 0.4) is 0 Å². The van der Waals surface area contributed by atoms with Gasteiger partial charge in [-0.05, 0) is 112 Å². The van der Waals surface area contributed by atoms with Crippen LogP contribution in [0, 0.1) is 35.0 Å². The Labute approximate surface area is 184 Å². The van der Waals surface area contributed by atoms with E-state index in [0.29, 0.717) is 23.7 Å². The molecule has 5 rings (SSSR count). The van der Waals surface area contributed by atoms with Crippen LogP contribution in [-0.2, 0) is 9.47 Å². The van der Waals surface area contributed by atoms with Crippen LogP contribution in [0.4, 0.5) is 0 Å². The highest BCUT2D eigenvalue weighted by atomic mass is 16.5. The van der Waals surface area contributed by atoms with E-state index in [0.717, 1.165) is 36.2 Å². The van der Waals surface area contributed by atoms with Crippen LogP contribution in [0.1, 0.15) is 85.0 Å². The van der Waals surface area contributed by atoms with Crippen LogP contribution < -0.4 is 5.32 Å². The summed E-state index contributed by atoms with van der Waals surface area (Å²) < 4.78 is 12.4. The van der Waals surface area contributed by atoms with Crippen LogP contribution >= 0.6 is 0 Å². The van der Waals surface area contributed by atoms with Gasteiger partial charge in [-0.2, -0.15) is 0 Å². The first kappa shape index (κ1) is 21.5. The van der Waals surface area contributed by atoms with E-state index in [-0.39, 0.29) is 0 Å². The second-order valence-electron chi connectivity index (χ2n) is 11.9. The molecule has 3 nitrogen and oxygen atoms in total. The van der Waals surface area contributed by atoms with Crippen molar-refractivity contribution in [3.8, 4) is 0 Å². The Kier molecular flexibility index (Phi) is 6.10. The normalized spacial score (nSPS) is 52.0. The fraction of sp³-hybridized carbons (Fsp3) is 0.926. The van der Waals surface area contributed by atoms with Gasteiger partial charge in [-0.3, -0.25) is 0 Å². The van der Waals surface area contributed by atoms with Gasteiger partial charge < -0.3 is 14.8 Å². The van der Waals surface area contributed by atoms with E-state index in [1.807, 2.05) is 12.7 Å². The summed E-state index contributed by atoms with van der Waals surface area (Å²) in [6.07, 6.45) is 14.4. The molecule has 2 heterocycles. The van der Waals surface area contributed by atoms with Gasteiger partial charge in [0.05, 0.1) is 18.8 Å². The molecule has 9 atom stereocenters. The number of methoxy groups -OCH3 is 1. The molecule has 30 heavy (non-hydrogen) atoms. The lowest BCUT2D eigenvalue weighted by Gasteiger charge is -2.54. The first-order valence-electron chi connectivity index (χ1n) is 13.1. The lowest BCUT2D eigenvalue weighted by atomic mass is 9.52. The van der Waals surface area contributed by atoms with Gasteiger partial charge in [0, 0.05) is 13.2 Å². The molecule has 2 aliphatic heterocycles. The minimum absolute atomic E-state index is 0.413. The van der Waals surface area contributed by atoms with Crippen LogP contribution in [0.25, 0.3) is 0 Å². The first-order chi connectivity index (χ1) is 14.5. The lowest BCUT2D eigenvalue weighted by molar-refractivity contribution is -0.0773. The quantitative estimate of drug-likeness (QED) is 0.554. The van der Waals surface area contributed by atoms with E-state index in [1.54, 1.807) is 5.57 Å². The zero-order valence-electron chi connectivity index (χ0n) is 19.9. The minimum Gasteiger partial charge on any atom is -0.381 e. The molecule has 0 aromatic carbocycles. The number of hydrogen-bond donors (Lipinski definition) is 1. The monoisotopic (exact) mass is 415 g/mol. The molecule has 4 fully saturated rings. The predicted octanol–water partition coefficient (Wildman–Crippen LogP) is 5.74. The smallest absolute Gasteiger partial charge is 0.0735 e. The number of hydrogen-bond acceptors (Lipinski definition) is 3. The maximum Gasteiger partial charge on any atom is 0.0735 e. The van der Waals surface area contributed by atoms with Crippen molar-refractivity contribution < 1.29 is 9.47 Å². The predicted molar refractivity (Wildman–Crippen MR) is 122 cm³/mol. The fourth-order valence-corrected chi connectivity index (χ4v) is 8.49. The largest absolute Gasteiger partial charge is 0.381 e. The van der Waals surface area contributed by atoms with Gasteiger partial charge in [0.15, 0.2) is 0 Å². The molecule has 0 radical (unpaired) electrons. The summed E-state index contributed by atoms with van der Waals surface area (Å²) in [5.41, 5.74) is 3.93. The summed E-state index contributed by atoms with van der Waals surface area (Å²) in [6, 6.07) is 0.574. The molecule has 1 N–H and O–H groups in total. The van der Waals surface area contributed by atoms with Gasteiger partial charge in [0.25, 0.3) is 0 Å². The highest BCUT2D eigenvalue weighted by Crippen LogP contribution is 2.63. The summed E-state index contributed by atoms with van der Waals surface area (Å²) in [7, 11) is 1.92. The minimum atomic E-state index is 0.413. The highest BCUT2D eigenvalue weighted by molar-refractivity contribution is 5.25. The summed E-state index contributed by atoms with van der Waals surface area (Å²) in [5.74, 6) is 4.26. The summed E-state index contributed by atoms with van der Waals surface area (Å²) in [4.78, 5) is 0. The zero-order valence-corrected chi connectivity index (χ0v) is 19.9. The number of ether oxygens (including phenoxy) is 2. The first-order valence-corrected chi connectivity index (χ1v) is 13.1. The van der Waals surface area contributed by atoms with Gasteiger partial charge in [0.1, 0.15) is 0 Å². The summed E-state index contributed by atoms with van der Waals surface area (Å²) >= 11 is 0. The molecule has 3 aliphatic carbocycles. The van der Waals surface area contributed by atoms with E-state index in [2.05, 4.69) is 26.1 Å². The Bertz CT molecular complexity index is 659. The third-order valence-corrected chi connectivity index (χ3v) is 10.3. The summed E-state index contributed by atoms with van der Waals surface area (Å²) in [6.45, 7) is 9.46. The maximum absolute atomic E-state index is 6.59. The van der Waals surface area contributed by atoms with E-state index in [4.69, 9.17) is 9.47 Å². The Morgan fingerprint density at radius 1 is 1.10 bits per heavy atom. The molecular formula is C27H45NO2. The number of fused-ring (bicyclic) bond motifs is 6. The fourth-order valence-electron chi connectivity index (χ4n) is 8.49. The van der Waals surface area contributed by atoms with Gasteiger partial charge in [-0.15, -0.1) is 0 Å². The third kappa shape index (κ3) is 3.71. The van der Waals surface area contributed by atoms with Gasteiger partial charge in [0.2, 0.25) is 0 Å². The van der Waals surface area contributed by atoms with Gasteiger partial charge >= 0.3 is 0 Å². The molecule has 0 amide bonds. The third-order valence-electron chi connectivity index (χ3n) is 10.3. The number of nitrogens with one attached hydrogen (secondary N) is 1. The van der Waals surface area contributed by atoms with Crippen LogP contribution in [0.2, 0.25) is 0 Å². The Morgan fingerprint density at radius 3 is 2.80 bits per heavy atom. The molecule has 0 aromatic heterocycles. The molecule has 0 aromatic rings. The van der Waals surface area contributed by atoms with Crippen molar-refractivity contribution in [2.45, 2.75) is 103 Å². The SMILES string of the molecule is CO[C@@H]1CC[C@@]2(C)[C@H](CC[C@H]3[C@@H]4CCCC5NC[C@@H](C)C[C@H]5OC/C(C)=C\4C[C@@H]32)C1. The van der Waals surface area contributed by atoms with E-state index >= 15 is 0 Å². The molecule has 1 unspecified atom stereocenters. The van der Waals surface area contributed by atoms with Crippen LogP contribution in [0.5, 0.6) is 0 Å². The van der Waals surface area contributed by atoms with Crippen LogP contribution in [0.15, 0.2) is 11.1 Å². The molecule has 3 heteroatoms. The van der Waals surface area contributed by atoms with E-state index in [9.17, 15) is 0 Å². The zero-order chi connectivity index (χ0) is 20.9. The Hall–Kier alpha value is -0.380. The van der Waals surface area contributed by atoms with Crippen molar-refractivity contribution in [3.05, 3.63) is 11.1 Å². The average Bonchev–Trinajstić information content (AvgIpc) is 3.12. The molecular weight excluding hydrogens is 370 g/mol. The van der Waals surface area contributed by atoms with Gasteiger partial charge in [-0.1, -0.05) is 25.8 Å². The standard InChI is InChI=1S/C27H45NO2/c1-17-12-26-25(28-15-17)7-5-6-21-22-9-8-19-13-20(29-4)10-11-27(19,3)24(22)14-23(21)18(2)16-30-26/h17,19-22,24-26,28H,5-16H2,1-4H3/b23-18-/t17-,19+,20+,21-,22-,24-,25?,26+,27-/m0/s1. The van der Waals surface area contributed by atoms with E-state index in [1.165, 1.54) is 70.8 Å². The number of piperidine rings is 1. The molecule has 0 spiro atoms. The molecule has 0 bridgehead atoms. The molecule has 3 saturated carbocycles. The van der Waals surface area contributed by atoms with Crippen LogP contribution in [-0.4, -0.2) is 38.5 Å².